The van der Waals surface area contributed by atoms with Crippen molar-refractivity contribution in [2.24, 2.45) is 5.10 Å². The monoisotopic (exact) mass is 563 g/mol. The number of hydrogen-bond acceptors (Lipinski definition) is 8. The number of hydrazone groups is 1. The highest BCUT2D eigenvalue weighted by Crippen LogP contribution is 2.35. The summed E-state index contributed by atoms with van der Waals surface area (Å²) in [7, 11) is -3.84. The smallest absolute Gasteiger partial charge is 0.406 e. The number of sulfonamides is 1. The number of amides is 2. The normalized spacial score (nSPS) is 15.9. The number of fused-ring (bicyclic) bond motifs is 1. The van der Waals surface area contributed by atoms with Crippen LogP contribution in [-0.2, 0) is 19.6 Å². The molecule has 39 heavy (non-hydrogen) atoms. The van der Waals surface area contributed by atoms with E-state index in [1.807, 2.05) is 4.72 Å². The largest absolute Gasteiger partial charge is 0.573 e. The van der Waals surface area contributed by atoms with Crippen molar-refractivity contribution in [2.45, 2.75) is 50.8 Å². The van der Waals surface area contributed by atoms with Crippen molar-refractivity contribution in [3.05, 3.63) is 66.0 Å². The van der Waals surface area contributed by atoms with E-state index in [1.54, 1.807) is 24.4 Å². The first kappa shape index (κ1) is 28.0. The minimum absolute atomic E-state index is 0.227. The van der Waals surface area contributed by atoms with E-state index >= 15 is 0 Å². The second-order valence-electron chi connectivity index (χ2n) is 9.00. The average Bonchev–Trinajstić information content (AvgIpc) is 3.32. The zero-order valence-electron chi connectivity index (χ0n) is 20.8. The van der Waals surface area contributed by atoms with Gasteiger partial charge in [-0.25, -0.2) is 13.4 Å². The Kier molecular flexibility index (Phi) is 7.86. The van der Waals surface area contributed by atoms with Gasteiger partial charge in [-0.1, -0.05) is 6.07 Å². The molecule has 0 aliphatic carbocycles. The summed E-state index contributed by atoms with van der Waals surface area (Å²) in [6.45, 7) is 2.84. The molecule has 1 aliphatic rings. The zero-order chi connectivity index (χ0) is 28.4. The number of benzene rings is 2. The van der Waals surface area contributed by atoms with Crippen molar-refractivity contribution in [2.75, 3.05) is 0 Å². The average molecular weight is 564 g/mol. The van der Waals surface area contributed by atoms with E-state index < -0.39 is 45.2 Å². The summed E-state index contributed by atoms with van der Waals surface area (Å²) in [5.74, 6) is -1.76. The maximum atomic E-state index is 13.2. The fourth-order valence-electron chi connectivity index (χ4n) is 3.87. The number of rotatable bonds is 8. The third-order valence-corrected chi connectivity index (χ3v) is 7.66. The van der Waals surface area contributed by atoms with Crippen LogP contribution in [0.15, 0.2) is 60.0 Å². The quantitative estimate of drug-likeness (QED) is 0.441. The number of nitrogens with zero attached hydrogens (tertiary/aromatic N) is 4. The number of halogens is 3. The van der Waals surface area contributed by atoms with E-state index in [-0.39, 0.29) is 19.3 Å². The number of carbonyl (C=O) groups excluding carboxylic acids is 2. The predicted molar refractivity (Wildman–Crippen MR) is 135 cm³/mol. The standard InChI is InChI=1S/C25H24F3N5O5S/c1-15(2)39(36,37)32-23(34)9-10-24(35)33-22(17-5-8-19-21(13-17)30-12-11-29-19)14-20(31-33)16-3-6-18(7-4-16)38-25(26,27)28/h3-8,11-13,15,22H,9-10,14H2,1-2H3,(H,32,34). The zero-order valence-corrected chi connectivity index (χ0v) is 21.7. The molecule has 1 aromatic heterocycles. The molecule has 0 radical (unpaired) electrons. The lowest BCUT2D eigenvalue weighted by Crippen LogP contribution is -2.36. The van der Waals surface area contributed by atoms with Gasteiger partial charge in [-0.05, 0) is 61.4 Å². The topological polar surface area (TPSA) is 131 Å². The van der Waals surface area contributed by atoms with Crippen LogP contribution in [0.3, 0.4) is 0 Å². The fraction of sp³-hybridized carbons (Fsp3) is 0.320. The van der Waals surface area contributed by atoms with Crippen LogP contribution in [0.2, 0.25) is 0 Å². The van der Waals surface area contributed by atoms with Crippen molar-refractivity contribution in [3.8, 4) is 5.75 Å². The van der Waals surface area contributed by atoms with Crippen molar-refractivity contribution in [1.82, 2.24) is 19.7 Å². The van der Waals surface area contributed by atoms with Gasteiger partial charge in [0.25, 0.3) is 0 Å². The molecule has 2 heterocycles. The van der Waals surface area contributed by atoms with E-state index in [0.717, 1.165) is 12.1 Å². The van der Waals surface area contributed by atoms with Crippen LogP contribution in [0, 0.1) is 0 Å². The molecule has 0 saturated carbocycles. The Balaban J connectivity index is 1.58. The number of alkyl halides is 3. The molecule has 10 nitrogen and oxygen atoms in total. The van der Waals surface area contributed by atoms with Crippen LogP contribution < -0.4 is 9.46 Å². The van der Waals surface area contributed by atoms with Gasteiger partial charge >= 0.3 is 6.36 Å². The van der Waals surface area contributed by atoms with Crippen LogP contribution in [0.4, 0.5) is 13.2 Å². The molecule has 0 bridgehead atoms. The Morgan fingerprint density at radius 3 is 2.36 bits per heavy atom. The van der Waals surface area contributed by atoms with E-state index in [2.05, 4.69) is 19.8 Å². The Bertz CT molecular complexity index is 1530. The first-order valence-corrected chi connectivity index (χ1v) is 13.4. The summed E-state index contributed by atoms with van der Waals surface area (Å²) < 4.78 is 67.4. The van der Waals surface area contributed by atoms with Crippen molar-refractivity contribution in [3.63, 3.8) is 0 Å². The molecule has 3 aromatic rings. The highest BCUT2D eigenvalue weighted by atomic mass is 32.2. The summed E-state index contributed by atoms with van der Waals surface area (Å²) in [5.41, 5.74) is 2.81. The van der Waals surface area contributed by atoms with Crippen molar-refractivity contribution >= 4 is 38.6 Å². The number of nitrogens with one attached hydrogen (secondary N) is 1. The van der Waals surface area contributed by atoms with Gasteiger partial charge in [0.15, 0.2) is 0 Å². The lowest BCUT2D eigenvalue weighted by atomic mass is 9.97. The molecular formula is C25H24F3N5O5S. The van der Waals surface area contributed by atoms with Gasteiger partial charge in [0, 0.05) is 31.7 Å². The minimum Gasteiger partial charge on any atom is -0.406 e. The molecule has 0 fully saturated rings. The Morgan fingerprint density at radius 2 is 1.72 bits per heavy atom. The Labute approximate surface area is 221 Å². The summed E-state index contributed by atoms with van der Waals surface area (Å²) in [6, 6.07) is 9.77. The van der Waals surface area contributed by atoms with Gasteiger partial charge in [-0.2, -0.15) is 5.10 Å². The molecule has 0 saturated heterocycles. The Morgan fingerprint density at radius 1 is 1.05 bits per heavy atom. The molecule has 4 rings (SSSR count). The molecule has 1 unspecified atom stereocenters. The first-order chi connectivity index (χ1) is 18.3. The summed E-state index contributed by atoms with van der Waals surface area (Å²) in [4.78, 5) is 33.9. The number of aromatic nitrogens is 2. The molecule has 2 aromatic carbocycles. The molecule has 206 valence electrons. The Hall–Kier alpha value is -4.07. The van der Waals surface area contributed by atoms with Gasteiger partial charge < -0.3 is 4.74 Å². The predicted octanol–water partition coefficient (Wildman–Crippen LogP) is 3.84. The highest BCUT2D eigenvalue weighted by Gasteiger charge is 2.34. The van der Waals surface area contributed by atoms with Gasteiger partial charge in [0.1, 0.15) is 5.75 Å². The van der Waals surface area contributed by atoms with Crippen LogP contribution >= 0.6 is 0 Å². The van der Waals surface area contributed by atoms with E-state index in [1.165, 1.54) is 37.2 Å². The van der Waals surface area contributed by atoms with Crippen LogP contribution in [-0.4, -0.2) is 52.5 Å². The highest BCUT2D eigenvalue weighted by molar-refractivity contribution is 7.90. The number of carbonyl (C=O) groups is 2. The number of ether oxygens (including phenoxy) is 1. The second kappa shape index (κ2) is 11.0. The van der Waals surface area contributed by atoms with Crippen LogP contribution in [0.5, 0.6) is 5.75 Å². The van der Waals surface area contributed by atoms with Gasteiger partial charge in [-0.3, -0.25) is 24.3 Å². The second-order valence-corrected chi connectivity index (χ2v) is 11.2. The van der Waals surface area contributed by atoms with Crippen molar-refractivity contribution < 1.29 is 35.9 Å². The van der Waals surface area contributed by atoms with Crippen LogP contribution in [0.25, 0.3) is 11.0 Å². The first-order valence-electron chi connectivity index (χ1n) is 11.8. The molecule has 1 aliphatic heterocycles. The SMILES string of the molecule is CC(C)S(=O)(=O)NC(=O)CCC(=O)N1N=C(c2ccc(OC(F)(F)F)cc2)CC1c1ccc2nccnc2c1. The number of hydrogen-bond donors (Lipinski definition) is 1. The van der Waals surface area contributed by atoms with Gasteiger partial charge in [-0.15, -0.1) is 13.2 Å². The van der Waals surface area contributed by atoms with Gasteiger partial charge in [0.05, 0.1) is 28.0 Å². The lowest BCUT2D eigenvalue weighted by molar-refractivity contribution is -0.274. The van der Waals surface area contributed by atoms with Gasteiger partial charge in [0.2, 0.25) is 21.8 Å². The van der Waals surface area contributed by atoms with E-state index in [4.69, 9.17) is 0 Å². The lowest BCUT2D eigenvalue weighted by Gasteiger charge is -2.22. The molecule has 2 amide bonds. The molecule has 14 heteroatoms. The van der Waals surface area contributed by atoms with E-state index in [0.29, 0.717) is 27.9 Å². The molecule has 1 N–H and O–H groups in total. The summed E-state index contributed by atoms with van der Waals surface area (Å²) in [5, 5.41) is 4.82. The van der Waals surface area contributed by atoms with E-state index in [9.17, 15) is 31.2 Å². The minimum atomic E-state index is -4.83. The maximum Gasteiger partial charge on any atom is 0.573 e. The van der Waals surface area contributed by atoms with Crippen LogP contribution in [0.1, 0.15) is 50.3 Å². The molecular weight excluding hydrogens is 539 g/mol. The summed E-state index contributed by atoms with van der Waals surface area (Å²) in [6.07, 6.45) is -2.24. The summed E-state index contributed by atoms with van der Waals surface area (Å²) >= 11 is 0. The molecule has 0 spiro atoms. The third-order valence-electron chi connectivity index (χ3n) is 5.91. The maximum absolute atomic E-state index is 13.2. The fourth-order valence-corrected chi connectivity index (χ4v) is 4.53. The third kappa shape index (κ3) is 6.88. The van der Waals surface area contributed by atoms with Crippen molar-refractivity contribution in [1.29, 1.82) is 0 Å². The molecule has 1 atom stereocenters.